The van der Waals surface area contributed by atoms with Crippen LogP contribution in [0.15, 0.2) is 60.0 Å². The van der Waals surface area contributed by atoms with Gasteiger partial charge in [-0.3, -0.25) is 25.0 Å². The van der Waals surface area contributed by atoms with Gasteiger partial charge >= 0.3 is 0 Å². The summed E-state index contributed by atoms with van der Waals surface area (Å²) in [7, 11) is 0. The molecular formula is C20H18N4O5S. The summed E-state index contributed by atoms with van der Waals surface area (Å²) >= 11 is 1.21. The Balaban J connectivity index is 1.48. The molecule has 0 saturated heterocycles. The number of carbonyl (C=O) groups is 2. The van der Waals surface area contributed by atoms with Crippen molar-refractivity contribution in [3.8, 4) is 0 Å². The van der Waals surface area contributed by atoms with Crippen LogP contribution in [0.25, 0.3) is 0 Å². The molecule has 0 aliphatic heterocycles. The lowest BCUT2D eigenvalue weighted by molar-refractivity contribution is -0.384. The molecule has 3 aromatic rings. The van der Waals surface area contributed by atoms with E-state index in [1.807, 2.05) is 6.07 Å². The number of hydrogen-bond acceptors (Lipinski definition) is 7. The number of nitro groups is 1. The number of hydrogen-bond donors (Lipinski definition) is 3. The number of aliphatic hydroxyl groups is 1. The second-order valence-electron chi connectivity index (χ2n) is 6.31. The average molecular weight is 426 g/mol. The maximum atomic E-state index is 12.1. The van der Waals surface area contributed by atoms with Gasteiger partial charge in [0.25, 0.3) is 11.6 Å². The van der Waals surface area contributed by atoms with Crippen LogP contribution in [0, 0.1) is 10.1 Å². The van der Waals surface area contributed by atoms with Gasteiger partial charge in [-0.05, 0) is 29.8 Å². The number of rotatable bonds is 8. The van der Waals surface area contributed by atoms with Crippen molar-refractivity contribution in [2.45, 2.75) is 12.5 Å². The molecule has 10 heteroatoms. The molecule has 0 radical (unpaired) electrons. The van der Waals surface area contributed by atoms with Gasteiger partial charge in [-0.2, -0.15) is 0 Å². The van der Waals surface area contributed by atoms with E-state index in [1.54, 1.807) is 29.6 Å². The fourth-order valence-electron chi connectivity index (χ4n) is 2.58. The number of amides is 2. The highest BCUT2D eigenvalue weighted by Crippen LogP contribution is 2.18. The van der Waals surface area contributed by atoms with Crippen molar-refractivity contribution in [3.63, 3.8) is 0 Å². The maximum Gasteiger partial charge on any atom is 0.269 e. The van der Waals surface area contributed by atoms with E-state index in [4.69, 9.17) is 0 Å². The number of aromatic nitrogens is 1. The predicted octanol–water partition coefficient (Wildman–Crippen LogP) is 2.70. The molecule has 3 rings (SSSR count). The molecule has 2 aromatic carbocycles. The first-order valence-electron chi connectivity index (χ1n) is 8.92. The van der Waals surface area contributed by atoms with Crippen molar-refractivity contribution >= 4 is 34.0 Å². The Kier molecular flexibility index (Phi) is 6.83. The molecule has 0 aliphatic carbocycles. The van der Waals surface area contributed by atoms with Crippen molar-refractivity contribution in [1.82, 2.24) is 10.3 Å². The van der Waals surface area contributed by atoms with E-state index in [0.717, 1.165) is 0 Å². The van der Waals surface area contributed by atoms with E-state index in [1.165, 1.54) is 35.6 Å². The first-order chi connectivity index (χ1) is 14.4. The van der Waals surface area contributed by atoms with Gasteiger partial charge in [-0.15, -0.1) is 11.3 Å². The molecule has 0 bridgehead atoms. The molecule has 0 aliphatic rings. The van der Waals surface area contributed by atoms with E-state index >= 15 is 0 Å². The van der Waals surface area contributed by atoms with E-state index < -0.39 is 11.0 Å². The van der Waals surface area contributed by atoms with E-state index in [-0.39, 0.29) is 30.5 Å². The molecule has 30 heavy (non-hydrogen) atoms. The van der Waals surface area contributed by atoms with Crippen molar-refractivity contribution in [1.29, 1.82) is 0 Å². The minimum Gasteiger partial charge on any atom is -0.387 e. The molecule has 0 spiro atoms. The monoisotopic (exact) mass is 426 g/mol. The van der Waals surface area contributed by atoms with E-state index in [0.29, 0.717) is 22.0 Å². The predicted molar refractivity (Wildman–Crippen MR) is 111 cm³/mol. The number of nitrogens with zero attached hydrogens (tertiary/aromatic N) is 2. The number of aliphatic hydroxyl groups excluding tert-OH is 1. The third kappa shape index (κ3) is 5.69. The van der Waals surface area contributed by atoms with Crippen LogP contribution in [0.5, 0.6) is 0 Å². The summed E-state index contributed by atoms with van der Waals surface area (Å²) in [4.78, 5) is 38.6. The third-order valence-corrected chi connectivity index (χ3v) is 4.94. The smallest absolute Gasteiger partial charge is 0.269 e. The Morgan fingerprint density at radius 1 is 1.13 bits per heavy atom. The maximum absolute atomic E-state index is 12.1. The second-order valence-corrected chi connectivity index (χ2v) is 7.17. The summed E-state index contributed by atoms with van der Waals surface area (Å²) in [5.41, 5.74) is 1.38. The van der Waals surface area contributed by atoms with Gasteiger partial charge in [0.15, 0.2) is 5.13 Å². The van der Waals surface area contributed by atoms with Gasteiger partial charge in [-0.25, -0.2) is 4.98 Å². The number of anilines is 1. The number of nitro benzene ring substituents is 1. The first-order valence-corrected chi connectivity index (χ1v) is 9.80. The van der Waals surface area contributed by atoms with Gasteiger partial charge in [0.1, 0.15) is 0 Å². The summed E-state index contributed by atoms with van der Waals surface area (Å²) < 4.78 is 0. The minimum atomic E-state index is -0.995. The molecule has 3 N–H and O–H groups in total. The van der Waals surface area contributed by atoms with Crippen molar-refractivity contribution in [2.24, 2.45) is 0 Å². The molecule has 0 saturated carbocycles. The highest BCUT2D eigenvalue weighted by Gasteiger charge is 2.14. The number of non-ortho nitro benzene ring substituents is 1. The van der Waals surface area contributed by atoms with Gasteiger partial charge in [-0.1, -0.05) is 18.2 Å². The molecule has 154 valence electrons. The highest BCUT2D eigenvalue weighted by atomic mass is 32.1. The highest BCUT2D eigenvalue weighted by molar-refractivity contribution is 7.14. The van der Waals surface area contributed by atoms with Crippen LogP contribution >= 0.6 is 11.3 Å². The van der Waals surface area contributed by atoms with Gasteiger partial charge < -0.3 is 10.4 Å². The second kappa shape index (κ2) is 9.72. The molecule has 9 nitrogen and oxygen atoms in total. The Bertz CT molecular complexity index is 1040. The summed E-state index contributed by atoms with van der Waals surface area (Å²) in [5.74, 6) is -0.630. The van der Waals surface area contributed by atoms with Crippen LogP contribution in [-0.4, -0.2) is 33.4 Å². The van der Waals surface area contributed by atoms with Gasteiger partial charge in [0.05, 0.1) is 23.1 Å². The SMILES string of the molecule is O=C(Cc1csc(NC(=O)c2ccccc2)n1)NCC(O)c1ccc([N+](=O)[O-])cc1. The van der Waals surface area contributed by atoms with Crippen LogP contribution in [0.2, 0.25) is 0 Å². The van der Waals surface area contributed by atoms with Crippen LogP contribution in [-0.2, 0) is 11.2 Å². The van der Waals surface area contributed by atoms with Crippen LogP contribution in [0.4, 0.5) is 10.8 Å². The van der Waals surface area contributed by atoms with Gasteiger partial charge in [0, 0.05) is 29.6 Å². The number of nitrogens with one attached hydrogen (secondary N) is 2. The van der Waals surface area contributed by atoms with Crippen molar-refractivity contribution in [2.75, 3.05) is 11.9 Å². The lowest BCUT2D eigenvalue weighted by Crippen LogP contribution is -2.29. The zero-order chi connectivity index (χ0) is 21.5. The standard InChI is InChI=1S/C20H18N4O5S/c25-17(13-6-8-16(9-7-13)24(28)29)11-21-18(26)10-15-12-30-20(22-15)23-19(27)14-4-2-1-3-5-14/h1-9,12,17,25H,10-11H2,(H,21,26)(H,22,23,27). The Morgan fingerprint density at radius 3 is 2.50 bits per heavy atom. The molecule has 1 atom stereocenters. The lowest BCUT2D eigenvalue weighted by atomic mass is 10.1. The topological polar surface area (TPSA) is 134 Å². The molecular weight excluding hydrogens is 408 g/mol. The van der Waals surface area contributed by atoms with Crippen LogP contribution in [0.1, 0.15) is 27.7 Å². The zero-order valence-electron chi connectivity index (χ0n) is 15.6. The van der Waals surface area contributed by atoms with Crippen LogP contribution in [0.3, 0.4) is 0 Å². The Hall–Kier alpha value is -3.63. The summed E-state index contributed by atoms with van der Waals surface area (Å²) in [6.07, 6.45) is -1.00. The fraction of sp³-hybridized carbons (Fsp3) is 0.150. The quantitative estimate of drug-likeness (QED) is 0.374. The lowest BCUT2D eigenvalue weighted by Gasteiger charge is -2.11. The summed E-state index contributed by atoms with van der Waals surface area (Å²) in [6.45, 7) is -0.0433. The third-order valence-electron chi connectivity index (χ3n) is 4.13. The van der Waals surface area contributed by atoms with Gasteiger partial charge in [0.2, 0.25) is 5.91 Å². The molecule has 2 amide bonds. The number of thiazole rings is 1. The molecule has 1 unspecified atom stereocenters. The Morgan fingerprint density at radius 2 is 1.83 bits per heavy atom. The van der Waals surface area contributed by atoms with Crippen molar-refractivity contribution in [3.05, 3.63) is 86.9 Å². The number of carbonyl (C=O) groups excluding carboxylic acids is 2. The van der Waals surface area contributed by atoms with Crippen molar-refractivity contribution < 1.29 is 19.6 Å². The van der Waals surface area contributed by atoms with E-state index in [9.17, 15) is 24.8 Å². The fourth-order valence-corrected chi connectivity index (χ4v) is 3.28. The average Bonchev–Trinajstić information content (AvgIpc) is 3.19. The van der Waals surface area contributed by atoms with Crippen LogP contribution < -0.4 is 10.6 Å². The normalized spacial score (nSPS) is 11.5. The molecule has 0 fully saturated rings. The largest absolute Gasteiger partial charge is 0.387 e. The zero-order valence-corrected chi connectivity index (χ0v) is 16.5. The minimum absolute atomic E-state index is 0.00924. The molecule has 1 aromatic heterocycles. The first kappa shape index (κ1) is 21.1. The molecule has 1 heterocycles. The van der Waals surface area contributed by atoms with E-state index in [2.05, 4.69) is 15.6 Å². The summed E-state index contributed by atoms with van der Waals surface area (Å²) in [6, 6.07) is 14.2. The number of benzene rings is 2. The summed E-state index contributed by atoms with van der Waals surface area (Å²) in [5, 5.41) is 28.1. The Labute approximate surface area is 175 Å².